The van der Waals surface area contributed by atoms with Crippen molar-refractivity contribution in [1.82, 2.24) is 15.0 Å². The summed E-state index contributed by atoms with van der Waals surface area (Å²) in [5.74, 6) is 0.520. The van der Waals surface area contributed by atoms with Crippen LogP contribution in [0.2, 0.25) is 0 Å². The third-order valence-electron chi connectivity index (χ3n) is 4.08. The Kier molecular flexibility index (Phi) is 3.43. The van der Waals surface area contributed by atoms with Gasteiger partial charge in [0.1, 0.15) is 12.1 Å². The van der Waals surface area contributed by atoms with Crippen molar-refractivity contribution in [3.8, 4) is 0 Å². The van der Waals surface area contributed by atoms with Gasteiger partial charge in [-0.3, -0.25) is 0 Å². The molecule has 0 aliphatic heterocycles. The third kappa shape index (κ3) is 2.30. The molecule has 4 rings (SSSR count). The van der Waals surface area contributed by atoms with Crippen LogP contribution in [0.4, 0.5) is 5.82 Å². The topological polar surface area (TPSA) is 67.6 Å². The number of nitrogens with two attached hydrogens (primary N) is 1. The molecule has 0 saturated heterocycles. The van der Waals surface area contributed by atoms with Gasteiger partial charge >= 0.3 is 0 Å². The Morgan fingerprint density at radius 1 is 1.29 bits per heavy atom. The van der Waals surface area contributed by atoms with Crippen molar-refractivity contribution in [1.29, 1.82) is 0 Å². The SMILES string of the molecule is C=C(C=c1sc2c(N)ncnc2c1=CC)c1ccc2[nH]ccc2c1. The second-order valence-electron chi connectivity index (χ2n) is 5.55. The van der Waals surface area contributed by atoms with E-state index >= 15 is 0 Å². The van der Waals surface area contributed by atoms with E-state index in [1.807, 2.05) is 13.1 Å². The van der Waals surface area contributed by atoms with Crippen LogP contribution >= 0.6 is 11.3 Å². The van der Waals surface area contributed by atoms with E-state index in [-0.39, 0.29) is 0 Å². The number of hydrogen-bond donors (Lipinski definition) is 2. The van der Waals surface area contributed by atoms with Gasteiger partial charge in [-0.15, -0.1) is 11.3 Å². The van der Waals surface area contributed by atoms with Crippen molar-refractivity contribution < 1.29 is 0 Å². The fourth-order valence-corrected chi connectivity index (χ4v) is 4.00. The van der Waals surface area contributed by atoms with Crippen LogP contribution in [0, 0.1) is 0 Å². The molecule has 0 unspecified atom stereocenters. The minimum atomic E-state index is 0.520. The normalized spacial score (nSPS) is 13.2. The minimum Gasteiger partial charge on any atom is -0.382 e. The molecule has 4 nitrogen and oxygen atoms in total. The summed E-state index contributed by atoms with van der Waals surface area (Å²) in [7, 11) is 0. The molecule has 1 aromatic carbocycles. The molecule has 0 radical (unpaired) electrons. The van der Waals surface area contributed by atoms with Gasteiger partial charge in [-0.25, -0.2) is 9.97 Å². The molecule has 24 heavy (non-hydrogen) atoms. The fourth-order valence-electron chi connectivity index (χ4n) is 2.84. The van der Waals surface area contributed by atoms with Crippen molar-refractivity contribution in [3.05, 3.63) is 58.7 Å². The maximum atomic E-state index is 5.99. The molecule has 3 heterocycles. The number of nitrogen functional groups attached to an aromatic ring is 1. The van der Waals surface area contributed by atoms with E-state index in [0.29, 0.717) is 5.82 Å². The summed E-state index contributed by atoms with van der Waals surface area (Å²) in [5.41, 5.74) is 10.1. The highest BCUT2D eigenvalue weighted by Crippen LogP contribution is 2.21. The van der Waals surface area contributed by atoms with E-state index in [1.54, 1.807) is 11.3 Å². The number of aromatic amines is 1. The summed E-state index contributed by atoms with van der Waals surface area (Å²) in [5, 5.41) is 2.25. The number of nitrogens with zero attached hydrogens (tertiary/aromatic N) is 2. The summed E-state index contributed by atoms with van der Waals surface area (Å²) >= 11 is 1.60. The molecular formula is C19H16N4S. The maximum Gasteiger partial charge on any atom is 0.144 e. The van der Waals surface area contributed by atoms with Gasteiger partial charge in [-0.05, 0) is 47.7 Å². The lowest BCUT2D eigenvalue weighted by atomic mass is 10.1. The zero-order chi connectivity index (χ0) is 16.7. The lowest BCUT2D eigenvalue weighted by Gasteiger charge is -2.00. The van der Waals surface area contributed by atoms with E-state index < -0.39 is 0 Å². The number of anilines is 1. The number of nitrogens with one attached hydrogen (secondary N) is 1. The van der Waals surface area contributed by atoms with Crippen molar-refractivity contribution >= 4 is 56.0 Å². The molecule has 0 aliphatic carbocycles. The van der Waals surface area contributed by atoms with Crippen LogP contribution in [0.15, 0.2) is 43.4 Å². The quantitative estimate of drug-likeness (QED) is 0.593. The summed E-state index contributed by atoms with van der Waals surface area (Å²) in [6.45, 7) is 6.24. The first-order chi connectivity index (χ1) is 11.7. The number of allylic oxidation sites excluding steroid dienone is 1. The summed E-state index contributed by atoms with van der Waals surface area (Å²) < 4.78 is 2.02. The average molecular weight is 332 g/mol. The molecule has 0 aliphatic rings. The molecule has 5 heteroatoms. The molecule has 0 amide bonds. The van der Waals surface area contributed by atoms with E-state index in [2.05, 4.69) is 57.9 Å². The van der Waals surface area contributed by atoms with Gasteiger partial charge in [0.25, 0.3) is 0 Å². The van der Waals surface area contributed by atoms with Crippen LogP contribution < -0.4 is 15.5 Å². The number of fused-ring (bicyclic) bond motifs is 2. The number of H-pyrrole nitrogens is 1. The summed E-state index contributed by atoms with van der Waals surface area (Å²) in [6.07, 6.45) is 7.60. The van der Waals surface area contributed by atoms with Gasteiger partial charge in [0, 0.05) is 21.5 Å². The highest BCUT2D eigenvalue weighted by atomic mass is 32.1. The Morgan fingerprint density at radius 3 is 3.00 bits per heavy atom. The van der Waals surface area contributed by atoms with Gasteiger partial charge in [0.2, 0.25) is 0 Å². The number of hydrogen-bond acceptors (Lipinski definition) is 4. The molecule has 3 aromatic heterocycles. The van der Waals surface area contributed by atoms with Crippen LogP contribution in [-0.4, -0.2) is 15.0 Å². The number of benzene rings is 1. The number of rotatable bonds is 2. The van der Waals surface area contributed by atoms with Gasteiger partial charge in [-0.2, -0.15) is 0 Å². The van der Waals surface area contributed by atoms with Crippen LogP contribution in [0.5, 0.6) is 0 Å². The van der Waals surface area contributed by atoms with Crippen LogP contribution in [-0.2, 0) is 0 Å². The molecule has 0 bridgehead atoms. The lowest BCUT2D eigenvalue weighted by molar-refractivity contribution is 1.23. The van der Waals surface area contributed by atoms with Crippen LogP contribution in [0.25, 0.3) is 38.8 Å². The van der Waals surface area contributed by atoms with Crippen molar-refractivity contribution in [2.24, 2.45) is 0 Å². The minimum absolute atomic E-state index is 0.520. The predicted molar refractivity (Wildman–Crippen MR) is 103 cm³/mol. The Labute approximate surface area is 142 Å². The standard InChI is InChI=1S/C19H16N4S/c1-3-14-16(24-18-17(14)22-10-23-19(18)20)8-11(2)12-4-5-15-13(9-12)6-7-21-15/h3-10,21H,2H2,1H3,(H2,20,22,23). The first-order valence-electron chi connectivity index (χ1n) is 7.61. The maximum absolute atomic E-state index is 5.99. The molecule has 4 aromatic rings. The lowest BCUT2D eigenvalue weighted by Crippen LogP contribution is -2.18. The first kappa shape index (κ1) is 14.7. The van der Waals surface area contributed by atoms with Gasteiger partial charge < -0.3 is 10.7 Å². The van der Waals surface area contributed by atoms with Gasteiger partial charge in [0.15, 0.2) is 0 Å². The van der Waals surface area contributed by atoms with Crippen LogP contribution in [0.3, 0.4) is 0 Å². The van der Waals surface area contributed by atoms with Crippen LogP contribution in [0.1, 0.15) is 12.5 Å². The molecule has 3 N–H and O–H groups in total. The fraction of sp³-hybridized carbons (Fsp3) is 0.0526. The van der Waals surface area contributed by atoms with E-state index in [1.165, 1.54) is 11.7 Å². The zero-order valence-corrected chi connectivity index (χ0v) is 14.0. The zero-order valence-electron chi connectivity index (χ0n) is 13.2. The summed E-state index contributed by atoms with van der Waals surface area (Å²) in [6, 6.07) is 8.36. The third-order valence-corrected chi connectivity index (χ3v) is 5.25. The Morgan fingerprint density at radius 2 is 2.17 bits per heavy atom. The van der Waals surface area contributed by atoms with Gasteiger partial charge in [0.05, 0.1) is 10.2 Å². The number of aromatic nitrogens is 3. The molecule has 0 fully saturated rings. The highest BCUT2D eigenvalue weighted by molar-refractivity contribution is 7.17. The van der Waals surface area contributed by atoms with Crippen molar-refractivity contribution in [2.45, 2.75) is 6.92 Å². The second-order valence-corrected chi connectivity index (χ2v) is 6.61. The van der Waals surface area contributed by atoms with E-state index in [0.717, 1.165) is 36.6 Å². The predicted octanol–water partition coefficient (Wildman–Crippen LogP) is 3.05. The smallest absolute Gasteiger partial charge is 0.144 e. The van der Waals surface area contributed by atoms with E-state index in [4.69, 9.17) is 5.73 Å². The summed E-state index contributed by atoms with van der Waals surface area (Å²) in [4.78, 5) is 11.7. The van der Waals surface area contributed by atoms with E-state index in [9.17, 15) is 0 Å². The molecule has 0 spiro atoms. The monoisotopic (exact) mass is 332 g/mol. The Hall–Kier alpha value is -2.92. The first-order valence-corrected chi connectivity index (χ1v) is 8.42. The van der Waals surface area contributed by atoms with Gasteiger partial charge in [-0.1, -0.05) is 18.7 Å². The molecule has 118 valence electrons. The van der Waals surface area contributed by atoms with Crippen molar-refractivity contribution in [2.75, 3.05) is 5.73 Å². The Balaban J connectivity index is 1.90. The highest BCUT2D eigenvalue weighted by Gasteiger charge is 2.07. The largest absolute Gasteiger partial charge is 0.382 e. The molecule has 0 saturated carbocycles. The number of thiophene rings is 1. The van der Waals surface area contributed by atoms with Crippen molar-refractivity contribution in [3.63, 3.8) is 0 Å². The average Bonchev–Trinajstić information content (AvgIpc) is 3.18. The molecule has 0 atom stereocenters. The second kappa shape index (κ2) is 5.62. The Bertz CT molecular complexity index is 1200. The molecular weight excluding hydrogens is 316 g/mol.